The number of carbonyl (C=O) groups is 1. The molecule has 3 nitrogen and oxygen atoms in total. The van der Waals surface area contributed by atoms with Gasteiger partial charge in [-0.1, -0.05) is 26.7 Å². The number of ether oxygens (including phenoxy) is 1. The number of hydrogen-bond donors (Lipinski definition) is 1. The second-order valence-electron chi connectivity index (χ2n) is 3.48. The van der Waals surface area contributed by atoms with Crippen molar-refractivity contribution < 1.29 is 9.53 Å². The molecule has 0 aromatic heterocycles. The molecule has 0 bridgehead atoms. The van der Waals surface area contributed by atoms with E-state index in [0.717, 1.165) is 12.8 Å². The van der Waals surface area contributed by atoms with Crippen molar-refractivity contribution in [1.82, 2.24) is 5.32 Å². The molecule has 0 aliphatic heterocycles. The Morgan fingerprint density at radius 1 is 1.29 bits per heavy atom. The molecule has 0 aromatic rings. The largest absolute Gasteiger partial charge is 0.466 e. The second kappa shape index (κ2) is 7.80. The van der Waals surface area contributed by atoms with Crippen molar-refractivity contribution in [2.75, 3.05) is 13.7 Å². The Morgan fingerprint density at radius 2 is 1.86 bits per heavy atom. The first kappa shape index (κ1) is 13.4. The number of rotatable bonds is 7. The summed E-state index contributed by atoms with van der Waals surface area (Å²) in [6.07, 6.45) is 2.68. The Hall–Kier alpha value is -0.570. The van der Waals surface area contributed by atoms with E-state index in [2.05, 4.69) is 19.2 Å². The van der Waals surface area contributed by atoms with Crippen LogP contribution in [0.2, 0.25) is 0 Å². The third-order valence-electron chi connectivity index (χ3n) is 2.68. The minimum atomic E-state index is -0.0984. The van der Waals surface area contributed by atoms with Gasteiger partial charge in [0.05, 0.1) is 13.0 Å². The van der Waals surface area contributed by atoms with Gasteiger partial charge in [-0.05, 0) is 19.9 Å². The SMILES string of the molecule is CCOC(=O)CC(NC)C(CC)CC. The lowest BCUT2D eigenvalue weighted by molar-refractivity contribution is -0.144. The van der Waals surface area contributed by atoms with Crippen LogP contribution in [0, 0.1) is 5.92 Å². The van der Waals surface area contributed by atoms with E-state index in [0.29, 0.717) is 18.9 Å². The summed E-state index contributed by atoms with van der Waals surface area (Å²) in [5.41, 5.74) is 0. The number of hydrogen-bond acceptors (Lipinski definition) is 3. The van der Waals surface area contributed by atoms with E-state index in [9.17, 15) is 4.79 Å². The van der Waals surface area contributed by atoms with Crippen LogP contribution in [0.5, 0.6) is 0 Å². The molecule has 0 aliphatic rings. The standard InChI is InChI=1S/C11H23NO2/c1-5-9(6-2)10(12-4)8-11(13)14-7-3/h9-10,12H,5-8H2,1-4H3. The number of carbonyl (C=O) groups excluding carboxylic acids is 1. The molecule has 0 spiro atoms. The minimum absolute atomic E-state index is 0.0984. The molecular formula is C11H23NO2. The van der Waals surface area contributed by atoms with Crippen LogP contribution in [0.4, 0.5) is 0 Å². The van der Waals surface area contributed by atoms with Gasteiger partial charge in [-0.25, -0.2) is 0 Å². The van der Waals surface area contributed by atoms with Crippen molar-refractivity contribution in [2.24, 2.45) is 5.92 Å². The van der Waals surface area contributed by atoms with Crippen molar-refractivity contribution in [3.8, 4) is 0 Å². The van der Waals surface area contributed by atoms with E-state index in [1.807, 2.05) is 14.0 Å². The molecule has 1 N–H and O–H groups in total. The fourth-order valence-electron chi connectivity index (χ4n) is 1.76. The van der Waals surface area contributed by atoms with E-state index in [1.165, 1.54) is 0 Å². The maximum absolute atomic E-state index is 11.3. The zero-order valence-electron chi connectivity index (χ0n) is 9.80. The van der Waals surface area contributed by atoms with Gasteiger partial charge in [0.15, 0.2) is 0 Å². The predicted molar refractivity (Wildman–Crippen MR) is 58.2 cm³/mol. The Balaban J connectivity index is 4.05. The summed E-state index contributed by atoms with van der Waals surface area (Å²) in [5, 5.41) is 3.19. The summed E-state index contributed by atoms with van der Waals surface area (Å²) in [7, 11) is 1.90. The lowest BCUT2D eigenvalue weighted by Gasteiger charge is -2.23. The van der Waals surface area contributed by atoms with E-state index in [-0.39, 0.29) is 12.0 Å². The van der Waals surface area contributed by atoms with Crippen LogP contribution in [0.25, 0.3) is 0 Å². The first-order chi connectivity index (χ1) is 6.69. The molecular weight excluding hydrogens is 178 g/mol. The summed E-state index contributed by atoms with van der Waals surface area (Å²) in [4.78, 5) is 11.3. The molecule has 1 atom stereocenters. The average molecular weight is 201 g/mol. The van der Waals surface area contributed by atoms with E-state index in [1.54, 1.807) is 0 Å². The van der Waals surface area contributed by atoms with Crippen LogP contribution in [0.1, 0.15) is 40.0 Å². The lowest BCUT2D eigenvalue weighted by Crippen LogP contribution is -2.35. The van der Waals surface area contributed by atoms with Crippen LogP contribution in [0.3, 0.4) is 0 Å². The van der Waals surface area contributed by atoms with E-state index >= 15 is 0 Å². The highest BCUT2D eigenvalue weighted by Gasteiger charge is 2.20. The molecule has 1 unspecified atom stereocenters. The van der Waals surface area contributed by atoms with Crippen molar-refractivity contribution in [1.29, 1.82) is 0 Å². The average Bonchev–Trinajstić information content (AvgIpc) is 2.18. The maximum Gasteiger partial charge on any atom is 0.307 e. The van der Waals surface area contributed by atoms with Gasteiger partial charge in [0.2, 0.25) is 0 Å². The molecule has 84 valence electrons. The summed E-state index contributed by atoms with van der Waals surface area (Å²) in [6, 6.07) is 0.254. The van der Waals surface area contributed by atoms with Gasteiger partial charge < -0.3 is 10.1 Å². The molecule has 0 aliphatic carbocycles. The van der Waals surface area contributed by atoms with Crippen LogP contribution >= 0.6 is 0 Å². The molecule has 0 saturated heterocycles. The van der Waals surface area contributed by atoms with Gasteiger partial charge >= 0.3 is 5.97 Å². The van der Waals surface area contributed by atoms with Crippen LogP contribution in [-0.2, 0) is 9.53 Å². The Kier molecular flexibility index (Phi) is 7.48. The number of esters is 1. The summed E-state index contributed by atoms with van der Waals surface area (Å²) < 4.78 is 4.93. The summed E-state index contributed by atoms with van der Waals surface area (Å²) in [6.45, 7) is 6.62. The van der Waals surface area contributed by atoms with Crippen molar-refractivity contribution >= 4 is 5.97 Å². The van der Waals surface area contributed by atoms with Crippen LogP contribution in [-0.4, -0.2) is 25.7 Å². The molecule has 0 radical (unpaired) electrons. The fraction of sp³-hybridized carbons (Fsp3) is 0.909. The predicted octanol–water partition coefficient (Wildman–Crippen LogP) is 1.96. The van der Waals surface area contributed by atoms with Gasteiger partial charge in [-0.3, -0.25) is 4.79 Å². The Morgan fingerprint density at radius 3 is 2.21 bits per heavy atom. The molecule has 0 saturated carbocycles. The third kappa shape index (κ3) is 4.61. The normalized spacial score (nSPS) is 12.9. The highest BCUT2D eigenvalue weighted by Crippen LogP contribution is 2.15. The van der Waals surface area contributed by atoms with Crippen LogP contribution < -0.4 is 5.32 Å². The lowest BCUT2D eigenvalue weighted by atomic mass is 9.92. The summed E-state index contributed by atoms with van der Waals surface area (Å²) >= 11 is 0. The van der Waals surface area contributed by atoms with Crippen molar-refractivity contribution in [3.63, 3.8) is 0 Å². The zero-order valence-corrected chi connectivity index (χ0v) is 9.80. The third-order valence-corrected chi connectivity index (χ3v) is 2.68. The van der Waals surface area contributed by atoms with Crippen molar-refractivity contribution in [2.45, 2.75) is 46.1 Å². The molecule has 0 fully saturated rings. The van der Waals surface area contributed by atoms with Crippen molar-refractivity contribution in [3.05, 3.63) is 0 Å². The van der Waals surface area contributed by atoms with Gasteiger partial charge in [0.1, 0.15) is 0 Å². The monoisotopic (exact) mass is 201 g/mol. The van der Waals surface area contributed by atoms with E-state index < -0.39 is 0 Å². The Bertz CT molecular complexity index is 155. The molecule has 0 heterocycles. The smallest absolute Gasteiger partial charge is 0.307 e. The summed E-state index contributed by atoms with van der Waals surface area (Å²) in [5.74, 6) is 0.461. The molecule has 3 heteroatoms. The highest BCUT2D eigenvalue weighted by atomic mass is 16.5. The molecule has 0 amide bonds. The highest BCUT2D eigenvalue weighted by molar-refractivity contribution is 5.70. The first-order valence-electron chi connectivity index (χ1n) is 5.52. The second-order valence-corrected chi connectivity index (χ2v) is 3.48. The maximum atomic E-state index is 11.3. The molecule has 0 rings (SSSR count). The molecule has 14 heavy (non-hydrogen) atoms. The van der Waals surface area contributed by atoms with Gasteiger partial charge in [0, 0.05) is 6.04 Å². The minimum Gasteiger partial charge on any atom is -0.466 e. The first-order valence-corrected chi connectivity index (χ1v) is 5.52. The van der Waals surface area contributed by atoms with Gasteiger partial charge in [-0.15, -0.1) is 0 Å². The fourth-order valence-corrected chi connectivity index (χ4v) is 1.76. The Labute approximate surface area is 87.2 Å². The zero-order chi connectivity index (χ0) is 11.0. The van der Waals surface area contributed by atoms with E-state index in [4.69, 9.17) is 4.74 Å². The van der Waals surface area contributed by atoms with Gasteiger partial charge in [0.25, 0.3) is 0 Å². The topological polar surface area (TPSA) is 38.3 Å². The van der Waals surface area contributed by atoms with Gasteiger partial charge in [-0.2, -0.15) is 0 Å². The number of nitrogens with one attached hydrogen (secondary N) is 1. The van der Waals surface area contributed by atoms with Crippen LogP contribution in [0.15, 0.2) is 0 Å². The molecule has 0 aromatic carbocycles. The quantitative estimate of drug-likeness (QED) is 0.640.